The van der Waals surface area contributed by atoms with E-state index in [0.717, 1.165) is 37.8 Å². The van der Waals surface area contributed by atoms with Gasteiger partial charge in [-0.05, 0) is 42.5 Å². The molecule has 2 aromatic rings. The van der Waals surface area contributed by atoms with E-state index < -0.39 is 24.3 Å². The molecule has 0 aromatic carbocycles. The van der Waals surface area contributed by atoms with Crippen molar-refractivity contribution in [2.75, 3.05) is 19.6 Å². The Labute approximate surface area is 212 Å². The third-order valence-corrected chi connectivity index (χ3v) is 6.12. The Kier molecular flexibility index (Phi) is 8.69. The van der Waals surface area contributed by atoms with Crippen LogP contribution in [0.2, 0.25) is 0 Å². The second-order valence-corrected chi connectivity index (χ2v) is 9.00. The number of likely N-dealkylation sites (tertiary alicyclic amines) is 1. The molecule has 2 unspecified atom stereocenters. The van der Waals surface area contributed by atoms with Crippen molar-refractivity contribution in [2.45, 2.75) is 43.8 Å². The number of carboxylic acids is 2. The summed E-state index contributed by atoms with van der Waals surface area (Å²) in [4.78, 5) is 39.6. The number of hydrogen-bond donors (Lipinski definition) is 2. The Morgan fingerprint density at radius 2 is 1.53 bits per heavy atom. The summed E-state index contributed by atoms with van der Waals surface area (Å²) in [6, 6.07) is 8.78. The Balaban J connectivity index is 0.000000239. The molecule has 4 heterocycles. The third-order valence-electron chi connectivity index (χ3n) is 6.12. The van der Waals surface area contributed by atoms with Gasteiger partial charge in [-0.3, -0.25) is 14.7 Å². The van der Waals surface area contributed by atoms with Gasteiger partial charge >= 0.3 is 24.3 Å². The highest BCUT2D eigenvalue weighted by Crippen LogP contribution is 2.38. The Hall–Kier alpha value is -3.62. The van der Waals surface area contributed by atoms with Crippen molar-refractivity contribution in [2.24, 2.45) is 5.92 Å². The summed E-state index contributed by atoms with van der Waals surface area (Å²) in [6.07, 6.45) is -1.78. The Morgan fingerprint density at radius 3 is 2.03 bits per heavy atom. The first kappa shape index (κ1) is 28.9. The van der Waals surface area contributed by atoms with Crippen LogP contribution >= 0.6 is 0 Å². The van der Waals surface area contributed by atoms with Crippen LogP contribution in [0.3, 0.4) is 0 Å². The lowest BCUT2D eigenvalue weighted by molar-refractivity contribution is -0.193. The fourth-order valence-corrected chi connectivity index (χ4v) is 4.26. The first-order valence-electron chi connectivity index (χ1n) is 11.4. The first-order valence-corrected chi connectivity index (χ1v) is 11.4. The van der Waals surface area contributed by atoms with Gasteiger partial charge in [0.25, 0.3) is 5.91 Å². The lowest BCUT2D eigenvalue weighted by Crippen LogP contribution is -2.51. The van der Waals surface area contributed by atoms with Crippen LogP contribution in [-0.4, -0.2) is 85.4 Å². The van der Waals surface area contributed by atoms with Crippen LogP contribution in [0.15, 0.2) is 42.9 Å². The second kappa shape index (κ2) is 11.4. The van der Waals surface area contributed by atoms with Crippen molar-refractivity contribution in [3.8, 4) is 0 Å². The highest BCUT2D eigenvalue weighted by atomic mass is 19.4. The van der Waals surface area contributed by atoms with Gasteiger partial charge in [-0.2, -0.15) is 26.3 Å². The van der Waals surface area contributed by atoms with E-state index in [1.165, 1.54) is 18.4 Å². The molecule has 0 spiro atoms. The molecule has 2 atom stereocenters. The number of amides is 1. The van der Waals surface area contributed by atoms with Gasteiger partial charge in [-0.15, -0.1) is 0 Å². The molecule has 38 heavy (non-hydrogen) atoms. The third kappa shape index (κ3) is 7.46. The number of carbonyl (C=O) groups excluding carboxylic acids is 1. The van der Waals surface area contributed by atoms with E-state index in [1.54, 1.807) is 0 Å². The lowest BCUT2D eigenvalue weighted by Gasteiger charge is -2.38. The number of alkyl halides is 6. The van der Waals surface area contributed by atoms with E-state index in [4.69, 9.17) is 19.8 Å². The molecule has 15 heteroatoms. The largest absolute Gasteiger partial charge is 0.490 e. The van der Waals surface area contributed by atoms with Gasteiger partial charge in [0, 0.05) is 44.8 Å². The van der Waals surface area contributed by atoms with Crippen LogP contribution in [0.5, 0.6) is 0 Å². The van der Waals surface area contributed by atoms with E-state index in [1.807, 2.05) is 30.6 Å². The minimum Gasteiger partial charge on any atom is -0.475 e. The molecule has 5 rings (SSSR count). The van der Waals surface area contributed by atoms with Crippen LogP contribution in [0.4, 0.5) is 26.3 Å². The number of carbonyl (C=O) groups is 3. The fraction of sp³-hybridized carbons (Fsp3) is 0.478. The molecule has 2 N–H and O–H groups in total. The van der Waals surface area contributed by atoms with Gasteiger partial charge in [0.2, 0.25) is 0 Å². The van der Waals surface area contributed by atoms with Gasteiger partial charge in [0.05, 0.1) is 12.1 Å². The number of rotatable bonds is 4. The Bertz CT molecular complexity index is 1110. The van der Waals surface area contributed by atoms with Crippen LogP contribution < -0.4 is 0 Å². The number of fused-ring (bicyclic) bond motifs is 3. The second-order valence-electron chi connectivity index (χ2n) is 9.00. The topological polar surface area (TPSA) is 116 Å². The number of aliphatic carboxylic acids is 2. The molecule has 9 nitrogen and oxygen atoms in total. The average Bonchev–Trinajstić information content (AvgIpc) is 3.33. The maximum Gasteiger partial charge on any atom is 0.490 e. The smallest absolute Gasteiger partial charge is 0.475 e. The summed E-state index contributed by atoms with van der Waals surface area (Å²) in [5.74, 6) is -4.57. The zero-order valence-electron chi connectivity index (χ0n) is 19.7. The minimum atomic E-state index is -5.08. The SMILES string of the molecule is O=C(O)C(F)(F)F.O=C(O)C(F)(F)F.O=C1c2cccn2C2CN(Cc3cccnc3)CC2N1CC1CC1. The molecule has 1 saturated heterocycles. The molecule has 3 aliphatic rings. The summed E-state index contributed by atoms with van der Waals surface area (Å²) in [6.45, 7) is 3.79. The maximum absolute atomic E-state index is 12.9. The molecular weight excluding hydrogens is 526 g/mol. The maximum atomic E-state index is 12.9. The average molecular weight is 550 g/mol. The molecule has 0 radical (unpaired) electrons. The number of carboxylic acid groups (broad SMARTS) is 2. The van der Waals surface area contributed by atoms with Crippen molar-refractivity contribution >= 4 is 17.8 Å². The molecule has 2 aliphatic heterocycles. The van der Waals surface area contributed by atoms with E-state index >= 15 is 0 Å². The fourth-order valence-electron chi connectivity index (χ4n) is 4.26. The summed E-state index contributed by atoms with van der Waals surface area (Å²) in [7, 11) is 0. The van der Waals surface area contributed by atoms with E-state index in [-0.39, 0.29) is 5.91 Å². The zero-order chi connectivity index (χ0) is 28.3. The van der Waals surface area contributed by atoms with Crippen LogP contribution in [0.25, 0.3) is 0 Å². The molecule has 2 fully saturated rings. The van der Waals surface area contributed by atoms with Crippen LogP contribution in [-0.2, 0) is 16.1 Å². The van der Waals surface area contributed by atoms with Gasteiger partial charge < -0.3 is 19.7 Å². The highest BCUT2D eigenvalue weighted by Gasteiger charge is 2.46. The van der Waals surface area contributed by atoms with E-state index in [2.05, 4.69) is 31.6 Å². The van der Waals surface area contributed by atoms with Gasteiger partial charge in [-0.1, -0.05) is 6.07 Å². The first-order chi connectivity index (χ1) is 17.7. The lowest BCUT2D eigenvalue weighted by atomic mass is 10.1. The van der Waals surface area contributed by atoms with Crippen molar-refractivity contribution in [3.05, 3.63) is 54.1 Å². The molecular formula is C23H24F6N4O5. The highest BCUT2D eigenvalue weighted by molar-refractivity contribution is 5.94. The van der Waals surface area contributed by atoms with Gasteiger partial charge in [0.15, 0.2) is 0 Å². The van der Waals surface area contributed by atoms with Crippen molar-refractivity contribution < 1.29 is 50.9 Å². The molecule has 1 aliphatic carbocycles. The summed E-state index contributed by atoms with van der Waals surface area (Å²) in [5.41, 5.74) is 2.10. The van der Waals surface area contributed by atoms with E-state index in [9.17, 15) is 31.1 Å². The summed E-state index contributed by atoms with van der Waals surface area (Å²) in [5, 5.41) is 14.2. The normalized spacial score (nSPS) is 20.9. The molecule has 1 saturated carbocycles. The molecule has 208 valence electrons. The summed E-state index contributed by atoms with van der Waals surface area (Å²) >= 11 is 0. The van der Waals surface area contributed by atoms with Crippen molar-refractivity contribution in [1.29, 1.82) is 0 Å². The molecule has 2 aromatic heterocycles. The molecule has 0 bridgehead atoms. The standard InChI is InChI=1S/C19H22N4O.2C2HF3O2/c24-19-16-4-2-8-22(16)17-12-21(10-15-3-1-7-20-9-15)13-18(17)23(19)11-14-5-6-14;2*3-2(4,5)1(6)7/h1-4,7-9,14,17-18H,5-6,10-13H2;2*(H,6,7). The monoisotopic (exact) mass is 550 g/mol. The quantitative estimate of drug-likeness (QED) is 0.561. The number of halogens is 6. The Morgan fingerprint density at radius 1 is 0.947 bits per heavy atom. The number of hydrogen-bond acceptors (Lipinski definition) is 5. The predicted molar refractivity (Wildman–Crippen MR) is 118 cm³/mol. The number of aromatic nitrogens is 2. The zero-order valence-corrected chi connectivity index (χ0v) is 19.7. The van der Waals surface area contributed by atoms with Crippen LogP contribution in [0.1, 0.15) is 34.9 Å². The molecule has 1 amide bonds. The van der Waals surface area contributed by atoms with Gasteiger partial charge in [0.1, 0.15) is 5.69 Å². The summed E-state index contributed by atoms with van der Waals surface area (Å²) < 4.78 is 65.7. The van der Waals surface area contributed by atoms with Crippen LogP contribution in [0, 0.1) is 5.92 Å². The van der Waals surface area contributed by atoms with E-state index in [0.29, 0.717) is 12.1 Å². The number of pyridine rings is 1. The van der Waals surface area contributed by atoms with Crippen molar-refractivity contribution in [1.82, 2.24) is 19.4 Å². The van der Waals surface area contributed by atoms with Gasteiger partial charge in [-0.25, -0.2) is 9.59 Å². The number of nitrogens with zero attached hydrogens (tertiary/aromatic N) is 4. The predicted octanol–water partition coefficient (Wildman–Crippen LogP) is 3.44. The minimum absolute atomic E-state index is 0.219. The van der Waals surface area contributed by atoms with Crippen molar-refractivity contribution in [3.63, 3.8) is 0 Å².